The maximum atomic E-state index is 12.8. The Morgan fingerprint density at radius 2 is 1.55 bits per heavy atom. The third-order valence-electron chi connectivity index (χ3n) is 5.43. The number of piperazine rings is 1. The number of nitrogens with zero attached hydrogens (tertiary/aromatic N) is 3. The van der Waals surface area contributed by atoms with Gasteiger partial charge in [-0.3, -0.25) is 14.5 Å². The second-order valence-electron chi connectivity index (χ2n) is 7.64. The quantitative estimate of drug-likeness (QED) is 0.644. The third kappa shape index (κ3) is 5.37. The lowest BCUT2D eigenvalue weighted by atomic mass is 9.96. The van der Waals surface area contributed by atoms with Crippen molar-refractivity contribution in [3.8, 4) is 0 Å². The maximum absolute atomic E-state index is 12.8. The highest BCUT2D eigenvalue weighted by Gasteiger charge is 2.28. The van der Waals surface area contributed by atoms with E-state index in [9.17, 15) is 9.59 Å². The Bertz CT molecular complexity index is 975. The Balaban J connectivity index is 1.40. The van der Waals surface area contributed by atoms with Gasteiger partial charge in [0.2, 0.25) is 11.8 Å². The number of anilines is 1. The molecule has 1 aliphatic rings. The fraction of sp³-hybridized carbons (Fsp3) is 0.292. The molecule has 2 amide bonds. The van der Waals surface area contributed by atoms with Crippen molar-refractivity contribution in [2.75, 3.05) is 31.5 Å². The topological polar surface area (TPSA) is 65.5 Å². The number of nitrogens with one attached hydrogen (secondary N) is 1. The van der Waals surface area contributed by atoms with Gasteiger partial charge in [-0.1, -0.05) is 60.7 Å². The van der Waals surface area contributed by atoms with E-state index < -0.39 is 0 Å². The lowest BCUT2D eigenvalue weighted by Gasteiger charge is -2.39. The monoisotopic (exact) mass is 434 g/mol. The smallest absolute Gasteiger partial charge is 0.228 e. The van der Waals surface area contributed by atoms with Gasteiger partial charge in [-0.15, -0.1) is 11.3 Å². The molecule has 0 saturated carbocycles. The summed E-state index contributed by atoms with van der Waals surface area (Å²) < 4.78 is 0. The van der Waals surface area contributed by atoms with Crippen LogP contribution in [0.25, 0.3) is 0 Å². The molecular formula is C24H26N4O2S. The summed E-state index contributed by atoms with van der Waals surface area (Å²) in [5.41, 5.74) is 3.23. The van der Waals surface area contributed by atoms with Crippen LogP contribution >= 0.6 is 11.3 Å². The van der Waals surface area contributed by atoms with Crippen LogP contribution in [0.3, 0.4) is 0 Å². The Kier molecular flexibility index (Phi) is 6.74. The van der Waals surface area contributed by atoms with Gasteiger partial charge in [0.1, 0.15) is 0 Å². The third-order valence-corrected chi connectivity index (χ3v) is 6.24. The van der Waals surface area contributed by atoms with Crippen LogP contribution in [-0.2, 0) is 16.0 Å². The average Bonchev–Trinajstić information content (AvgIpc) is 3.22. The summed E-state index contributed by atoms with van der Waals surface area (Å²) in [6.07, 6.45) is 0.261. The summed E-state index contributed by atoms with van der Waals surface area (Å²) in [4.78, 5) is 32.7. The van der Waals surface area contributed by atoms with E-state index in [2.05, 4.69) is 63.7 Å². The van der Waals surface area contributed by atoms with Crippen LogP contribution in [-0.4, -0.2) is 52.8 Å². The summed E-state index contributed by atoms with van der Waals surface area (Å²) in [6, 6.07) is 21.3. The van der Waals surface area contributed by atoms with E-state index >= 15 is 0 Å². The second kappa shape index (κ2) is 9.85. The van der Waals surface area contributed by atoms with Crippen molar-refractivity contribution in [3.63, 3.8) is 0 Å². The van der Waals surface area contributed by atoms with Crippen molar-refractivity contribution in [2.45, 2.75) is 19.4 Å². The fourth-order valence-electron chi connectivity index (χ4n) is 3.98. The van der Waals surface area contributed by atoms with E-state index in [-0.39, 0.29) is 24.3 Å². The van der Waals surface area contributed by atoms with Gasteiger partial charge < -0.3 is 10.2 Å². The average molecular weight is 435 g/mol. The van der Waals surface area contributed by atoms with Crippen molar-refractivity contribution in [2.24, 2.45) is 0 Å². The first-order valence-corrected chi connectivity index (χ1v) is 11.3. The molecule has 160 valence electrons. The molecule has 1 fully saturated rings. The number of aromatic nitrogens is 1. The number of rotatable bonds is 6. The zero-order valence-electron chi connectivity index (χ0n) is 17.5. The van der Waals surface area contributed by atoms with Crippen molar-refractivity contribution >= 4 is 28.3 Å². The molecule has 1 saturated heterocycles. The van der Waals surface area contributed by atoms with E-state index in [0.29, 0.717) is 23.9 Å². The molecule has 1 aromatic heterocycles. The largest absolute Gasteiger partial charge is 0.340 e. The van der Waals surface area contributed by atoms with E-state index in [4.69, 9.17) is 0 Å². The molecule has 0 bridgehead atoms. The van der Waals surface area contributed by atoms with Gasteiger partial charge in [-0.05, 0) is 11.1 Å². The van der Waals surface area contributed by atoms with E-state index in [1.807, 2.05) is 22.4 Å². The number of benzene rings is 2. The van der Waals surface area contributed by atoms with E-state index in [1.54, 1.807) is 0 Å². The standard InChI is InChI=1S/C24H26N4O2S/c1-18(29)25-24-26-21(17-31-24)16-22(30)27-12-14-28(15-13-27)23(19-8-4-2-5-9-19)20-10-6-3-7-11-20/h2-11,17,23H,12-16H2,1H3,(H,25,26,29). The highest BCUT2D eigenvalue weighted by Crippen LogP contribution is 2.29. The number of thiazole rings is 1. The minimum absolute atomic E-state index is 0.0790. The molecule has 2 heterocycles. The zero-order valence-corrected chi connectivity index (χ0v) is 18.3. The van der Waals surface area contributed by atoms with Crippen molar-refractivity contribution in [3.05, 3.63) is 82.9 Å². The van der Waals surface area contributed by atoms with Crippen LogP contribution < -0.4 is 5.32 Å². The van der Waals surface area contributed by atoms with Crippen LogP contribution in [0, 0.1) is 0 Å². The molecule has 4 rings (SSSR count). The number of amides is 2. The van der Waals surface area contributed by atoms with Crippen molar-refractivity contribution in [1.82, 2.24) is 14.8 Å². The number of carbonyl (C=O) groups is 2. The molecule has 0 unspecified atom stereocenters. The van der Waals surface area contributed by atoms with Crippen LogP contribution in [0.4, 0.5) is 5.13 Å². The van der Waals surface area contributed by atoms with Gasteiger partial charge >= 0.3 is 0 Å². The molecule has 0 aliphatic carbocycles. The van der Waals surface area contributed by atoms with Crippen LogP contribution in [0.5, 0.6) is 0 Å². The highest BCUT2D eigenvalue weighted by atomic mass is 32.1. The zero-order chi connectivity index (χ0) is 21.6. The highest BCUT2D eigenvalue weighted by molar-refractivity contribution is 7.13. The Hall–Kier alpha value is -3.03. The fourth-order valence-corrected chi connectivity index (χ4v) is 4.73. The summed E-state index contributed by atoms with van der Waals surface area (Å²) in [5.74, 6) is -0.0787. The molecule has 0 atom stereocenters. The first-order chi connectivity index (χ1) is 15.1. The Morgan fingerprint density at radius 3 is 2.10 bits per heavy atom. The van der Waals surface area contributed by atoms with E-state index in [1.165, 1.54) is 29.4 Å². The van der Waals surface area contributed by atoms with Gasteiger partial charge in [0.25, 0.3) is 0 Å². The van der Waals surface area contributed by atoms with Gasteiger partial charge in [-0.2, -0.15) is 0 Å². The van der Waals surface area contributed by atoms with Gasteiger partial charge in [0.05, 0.1) is 18.2 Å². The molecule has 31 heavy (non-hydrogen) atoms. The van der Waals surface area contributed by atoms with Crippen molar-refractivity contribution in [1.29, 1.82) is 0 Å². The second-order valence-corrected chi connectivity index (χ2v) is 8.50. The SMILES string of the molecule is CC(=O)Nc1nc(CC(=O)N2CCN(C(c3ccccc3)c3ccccc3)CC2)cs1. The molecular weight excluding hydrogens is 408 g/mol. The molecule has 7 heteroatoms. The first kappa shape index (κ1) is 21.2. The Morgan fingerprint density at radius 1 is 0.968 bits per heavy atom. The molecule has 6 nitrogen and oxygen atoms in total. The normalized spacial score (nSPS) is 14.6. The lowest BCUT2D eigenvalue weighted by Crippen LogP contribution is -2.50. The summed E-state index contributed by atoms with van der Waals surface area (Å²) in [7, 11) is 0. The number of hydrogen-bond donors (Lipinski definition) is 1. The summed E-state index contributed by atoms with van der Waals surface area (Å²) in [6.45, 7) is 4.46. The van der Waals surface area contributed by atoms with Gasteiger partial charge in [-0.25, -0.2) is 4.98 Å². The first-order valence-electron chi connectivity index (χ1n) is 10.4. The van der Waals surface area contributed by atoms with Gasteiger partial charge in [0.15, 0.2) is 5.13 Å². The summed E-state index contributed by atoms with van der Waals surface area (Å²) in [5, 5.41) is 5.03. The Labute approximate surface area is 186 Å². The van der Waals surface area contributed by atoms with Gasteiger partial charge in [0, 0.05) is 38.5 Å². The van der Waals surface area contributed by atoms with Crippen molar-refractivity contribution < 1.29 is 9.59 Å². The minimum atomic E-state index is -0.158. The minimum Gasteiger partial charge on any atom is -0.340 e. The molecule has 1 N–H and O–H groups in total. The summed E-state index contributed by atoms with van der Waals surface area (Å²) >= 11 is 1.34. The molecule has 0 radical (unpaired) electrons. The molecule has 0 spiro atoms. The maximum Gasteiger partial charge on any atom is 0.228 e. The molecule has 2 aromatic carbocycles. The number of hydrogen-bond acceptors (Lipinski definition) is 5. The molecule has 3 aromatic rings. The number of carbonyl (C=O) groups excluding carboxylic acids is 2. The van der Waals surface area contributed by atoms with Crippen LogP contribution in [0.15, 0.2) is 66.0 Å². The van der Waals surface area contributed by atoms with Crippen LogP contribution in [0.1, 0.15) is 29.8 Å². The predicted octanol–water partition coefficient (Wildman–Crippen LogP) is 3.58. The lowest BCUT2D eigenvalue weighted by molar-refractivity contribution is -0.132. The molecule has 1 aliphatic heterocycles. The predicted molar refractivity (Wildman–Crippen MR) is 123 cm³/mol. The van der Waals surface area contributed by atoms with E-state index in [0.717, 1.165) is 13.1 Å². The van der Waals surface area contributed by atoms with Crippen LogP contribution in [0.2, 0.25) is 0 Å².